The molecule has 6 heteroatoms. The lowest BCUT2D eigenvalue weighted by molar-refractivity contribution is -0.119. The molecule has 3 rings (SSSR count). The third-order valence-electron chi connectivity index (χ3n) is 3.98. The van der Waals surface area contributed by atoms with Crippen LogP contribution in [0.4, 0.5) is 5.69 Å². The number of rotatable bonds is 5. The first-order valence-corrected chi connectivity index (χ1v) is 8.18. The van der Waals surface area contributed by atoms with Crippen LogP contribution in [-0.2, 0) is 4.79 Å². The van der Waals surface area contributed by atoms with Gasteiger partial charge in [-0.1, -0.05) is 36.4 Å². The van der Waals surface area contributed by atoms with Gasteiger partial charge in [-0.25, -0.2) is 4.68 Å². The van der Waals surface area contributed by atoms with Crippen molar-refractivity contribution in [3.63, 3.8) is 0 Å². The van der Waals surface area contributed by atoms with Crippen molar-refractivity contribution in [1.29, 1.82) is 0 Å². The van der Waals surface area contributed by atoms with Crippen molar-refractivity contribution in [2.45, 2.75) is 13.0 Å². The van der Waals surface area contributed by atoms with E-state index in [0.29, 0.717) is 17.1 Å². The Kier molecular flexibility index (Phi) is 5.12. The fraction of sp³-hybridized carbons (Fsp3) is 0.150. The number of nitrogens with zero attached hydrogens (tertiary/aromatic N) is 2. The van der Waals surface area contributed by atoms with E-state index in [0.717, 1.165) is 5.56 Å². The molecule has 0 aliphatic carbocycles. The minimum atomic E-state index is -0.766. The van der Waals surface area contributed by atoms with Crippen LogP contribution in [0.25, 0.3) is 11.3 Å². The molecule has 2 aromatic carbocycles. The van der Waals surface area contributed by atoms with Crippen LogP contribution in [0, 0.1) is 0 Å². The molecule has 1 heterocycles. The van der Waals surface area contributed by atoms with Crippen molar-refractivity contribution in [3.8, 4) is 17.0 Å². The van der Waals surface area contributed by atoms with Crippen LogP contribution >= 0.6 is 0 Å². The van der Waals surface area contributed by atoms with Gasteiger partial charge in [0.25, 0.3) is 5.56 Å². The van der Waals surface area contributed by atoms with E-state index in [2.05, 4.69) is 10.4 Å². The van der Waals surface area contributed by atoms with Crippen molar-refractivity contribution in [1.82, 2.24) is 9.78 Å². The maximum atomic E-state index is 12.6. The third kappa shape index (κ3) is 3.80. The highest BCUT2D eigenvalue weighted by Gasteiger charge is 2.18. The van der Waals surface area contributed by atoms with Gasteiger partial charge >= 0.3 is 0 Å². The molecule has 1 N–H and O–H groups in total. The number of hydrogen-bond acceptors (Lipinski definition) is 4. The van der Waals surface area contributed by atoms with Gasteiger partial charge in [-0.2, -0.15) is 5.10 Å². The van der Waals surface area contributed by atoms with E-state index in [4.69, 9.17) is 4.74 Å². The number of hydrogen-bond donors (Lipinski definition) is 1. The molecule has 0 bridgehead atoms. The standard InChI is InChI=1S/C20H19N3O3/c1-14(20(25)21-16-9-6-10-17(13-16)26-2)23-19(24)12-11-18(22-23)15-7-4-3-5-8-15/h3-14H,1-2H3,(H,21,25)/t14-/m1/s1. The van der Waals surface area contributed by atoms with Crippen molar-refractivity contribution >= 4 is 11.6 Å². The maximum absolute atomic E-state index is 12.6. The van der Waals surface area contributed by atoms with Gasteiger partial charge in [0.05, 0.1) is 12.8 Å². The Balaban J connectivity index is 1.85. The van der Waals surface area contributed by atoms with Crippen LogP contribution in [-0.4, -0.2) is 22.8 Å². The first-order chi connectivity index (χ1) is 12.6. The van der Waals surface area contributed by atoms with E-state index in [1.54, 1.807) is 44.4 Å². The number of methoxy groups -OCH3 is 1. The van der Waals surface area contributed by atoms with Crippen LogP contribution in [0.1, 0.15) is 13.0 Å². The van der Waals surface area contributed by atoms with E-state index < -0.39 is 6.04 Å². The van der Waals surface area contributed by atoms with Crippen LogP contribution in [0.5, 0.6) is 5.75 Å². The highest BCUT2D eigenvalue weighted by atomic mass is 16.5. The highest BCUT2D eigenvalue weighted by Crippen LogP contribution is 2.19. The lowest BCUT2D eigenvalue weighted by Crippen LogP contribution is -2.33. The lowest BCUT2D eigenvalue weighted by Gasteiger charge is -2.15. The monoisotopic (exact) mass is 349 g/mol. The Morgan fingerprint density at radius 3 is 2.58 bits per heavy atom. The number of benzene rings is 2. The summed E-state index contributed by atoms with van der Waals surface area (Å²) in [5.74, 6) is 0.301. The largest absolute Gasteiger partial charge is 0.497 e. The Morgan fingerprint density at radius 1 is 1.08 bits per heavy atom. The molecule has 0 spiro atoms. The Labute approximate surface area is 151 Å². The molecule has 0 aliphatic rings. The highest BCUT2D eigenvalue weighted by molar-refractivity contribution is 5.93. The quantitative estimate of drug-likeness (QED) is 0.768. The summed E-state index contributed by atoms with van der Waals surface area (Å²) in [4.78, 5) is 24.8. The van der Waals surface area contributed by atoms with Crippen molar-refractivity contribution < 1.29 is 9.53 Å². The number of nitrogens with one attached hydrogen (secondary N) is 1. The Morgan fingerprint density at radius 2 is 1.85 bits per heavy atom. The Bertz CT molecular complexity index is 967. The summed E-state index contributed by atoms with van der Waals surface area (Å²) in [6.07, 6.45) is 0. The average Bonchev–Trinajstić information content (AvgIpc) is 2.68. The second-order valence-corrected chi connectivity index (χ2v) is 5.76. The van der Waals surface area contributed by atoms with Gasteiger partial charge in [0.1, 0.15) is 11.8 Å². The van der Waals surface area contributed by atoms with Gasteiger partial charge < -0.3 is 10.1 Å². The molecule has 0 saturated carbocycles. The first-order valence-electron chi connectivity index (χ1n) is 8.18. The SMILES string of the molecule is COc1cccc(NC(=O)[C@@H](C)n2nc(-c3ccccc3)ccc2=O)c1. The summed E-state index contributed by atoms with van der Waals surface area (Å²) in [5, 5.41) is 7.14. The molecule has 26 heavy (non-hydrogen) atoms. The molecule has 0 aliphatic heterocycles. The van der Waals surface area contributed by atoms with Crippen molar-refractivity contribution in [3.05, 3.63) is 77.1 Å². The Hall–Kier alpha value is -3.41. The molecule has 0 unspecified atom stereocenters. The molecule has 132 valence electrons. The second kappa shape index (κ2) is 7.65. The topological polar surface area (TPSA) is 73.2 Å². The molecular weight excluding hydrogens is 330 g/mol. The summed E-state index contributed by atoms with van der Waals surface area (Å²) in [5.41, 5.74) is 1.76. The summed E-state index contributed by atoms with van der Waals surface area (Å²) in [6.45, 7) is 1.64. The van der Waals surface area contributed by atoms with Gasteiger partial charge in [-0.3, -0.25) is 9.59 Å². The van der Waals surface area contributed by atoms with Crippen LogP contribution in [0.2, 0.25) is 0 Å². The molecule has 0 radical (unpaired) electrons. The molecule has 1 aromatic heterocycles. The third-order valence-corrected chi connectivity index (χ3v) is 3.98. The fourth-order valence-corrected chi connectivity index (χ4v) is 2.52. The summed E-state index contributed by atoms with van der Waals surface area (Å²) >= 11 is 0. The molecule has 0 fully saturated rings. The van der Waals surface area contributed by atoms with Gasteiger partial charge in [0.15, 0.2) is 0 Å². The molecule has 3 aromatic rings. The maximum Gasteiger partial charge on any atom is 0.267 e. The molecule has 1 atom stereocenters. The smallest absolute Gasteiger partial charge is 0.267 e. The predicted molar refractivity (Wildman–Crippen MR) is 100 cm³/mol. The average molecular weight is 349 g/mol. The van der Waals surface area contributed by atoms with Crippen LogP contribution in [0.3, 0.4) is 0 Å². The minimum Gasteiger partial charge on any atom is -0.497 e. The van der Waals surface area contributed by atoms with E-state index in [1.807, 2.05) is 30.3 Å². The zero-order valence-corrected chi connectivity index (χ0v) is 14.5. The molecule has 1 amide bonds. The van der Waals surface area contributed by atoms with Gasteiger partial charge in [-0.15, -0.1) is 0 Å². The molecular formula is C20H19N3O3. The van der Waals surface area contributed by atoms with Gasteiger partial charge in [0, 0.05) is 23.4 Å². The molecule has 0 saturated heterocycles. The van der Waals surface area contributed by atoms with E-state index in [-0.39, 0.29) is 11.5 Å². The lowest BCUT2D eigenvalue weighted by atomic mass is 10.1. The number of ether oxygens (including phenoxy) is 1. The van der Waals surface area contributed by atoms with E-state index in [1.165, 1.54) is 10.7 Å². The van der Waals surface area contributed by atoms with Crippen molar-refractivity contribution in [2.75, 3.05) is 12.4 Å². The number of anilines is 1. The first kappa shape index (κ1) is 17.4. The normalized spacial score (nSPS) is 11.6. The zero-order valence-electron chi connectivity index (χ0n) is 14.5. The second-order valence-electron chi connectivity index (χ2n) is 5.76. The van der Waals surface area contributed by atoms with Crippen LogP contribution in [0.15, 0.2) is 71.5 Å². The predicted octanol–water partition coefficient (Wildman–Crippen LogP) is 3.12. The van der Waals surface area contributed by atoms with Crippen molar-refractivity contribution in [2.24, 2.45) is 0 Å². The summed E-state index contributed by atoms with van der Waals surface area (Å²) in [6, 6.07) is 18.8. The van der Waals surface area contributed by atoms with Crippen LogP contribution < -0.4 is 15.6 Å². The number of carbonyl (C=O) groups is 1. The minimum absolute atomic E-state index is 0.335. The summed E-state index contributed by atoms with van der Waals surface area (Å²) < 4.78 is 6.34. The zero-order chi connectivity index (χ0) is 18.5. The van der Waals surface area contributed by atoms with Gasteiger partial charge in [-0.05, 0) is 25.1 Å². The number of carbonyl (C=O) groups excluding carboxylic acids is 1. The number of aromatic nitrogens is 2. The molecule has 6 nitrogen and oxygen atoms in total. The van der Waals surface area contributed by atoms with E-state index >= 15 is 0 Å². The number of amides is 1. The summed E-state index contributed by atoms with van der Waals surface area (Å²) in [7, 11) is 1.56. The van der Waals surface area contributed by atoms with Gasteiger partial charge in [0.2, 0.25) is 5.91 Å². The fourth-order valence-electron chi connectivity index (χ4n) is 2.52. The van der Waals surface area contributed by atoms with E-state index in [9.17, 15) is 9.59 Å².